The van der Waals surface area contributed by atoms with E-state index >= 15 is 0 Å². The molecule has 98 valence electrons. The number of nitrogens with one attached hydrogen (secondary N) is 1. The molecule has 0 saturated heterocycles. The van der Waals surface area contributed by atoms with Crippen LogP contribution in [0.5, 0.6) is 0 Å². The van der Waals surface area contributed by atoms with Crippen molar-refractivity contribution >= 4 is 6.09 Å². The fraction of sp³-hybridized carbons (Fsp3) is 0.500. The van der Waals surface area contributed by atoms with Crippen LogP contribution in [0.2, 0.25) is 0 Å². The molecule has 0 fully saturated rings. The first-order valence-corrected chi connectivity index (χ1v) is 6.12. The molecule has 2 N–H and O–H groups in total. The van der Waals surface area contributed by atoms with Crippen LogP contribution in [0.25, 0.3) is 0 Å². The van der Waals surface area contributed by atoms with Crippen LogP contribution >= 0.6 is 0 Å². The Morgan fingerprint density at radius 3 is 2.67 bits per heavy atom. The Balaban J connectivity index is 2.00. The van der Waals surface area contributed by atoms with Crippen LogP contribution in [0.15, 0.2) is 24.3 Å². The van der Waals surface area contributed by atoms with Gasteiger partial charge in [0.1, 0.15) is 5.60 Å². The summed E-state index contributed by atoms with van der Waals surface area (Å²) in [5.41, 5.74) is 1.44. The summed E-state index contributed by atoms with van der Waals surface area (Å²) in [6, 6.07) is 7.36. The first kappa shape index (κ1) is 12.9. The number of rotatable bonds is 1. The molecule has 4 nitrogen and oxygen atoms in total. The van der Waals surface area contributed by atoms with Gasteiger partial charge in [0.25, 0.3) is 0 Å². The highest BCUT2D eigenvalue weighted by molar-refractivity contribution is 5.68. The van der Waals surface area contributed by atoms with E-state index in [1.807, 2.05) is 45.0 Å². The highest BCUT2D eigenvalue weighted by atomic mass is 16.6. The van der Waals surface area contributed by atoms with Crippen LogP contribution in [0.1, 0.15) is 38.0 Å². The minimum absolute atomic E-state index is 0.308. The smallest absolute Gasteiger partial charge is 0.407 e. The van der Waals surface area contributed by atoms with E-state index in [4.69, 9.17) is 4.74 Å². The van der Waals surface area contributed by atoms with Crippen molar-refractivity contribution in [2.75, 3.05) is 0 Å². The molecule has 0 heterocycles. The molecule has 1 aliphatic carbocycles. The number of benzene rings is 1. The molecule has 0 radical (unpaired) electrons. The van der Waals surface area contributed by atoms with Crippen molar-refractivity contribution in [3.8, 4) is 0 Å². The molecule has 0 aromatic heterocycles. The zero-order valence-electron chi connectivity index (χ0n) is 10.9. The van der Waals surface area contributed by atoms with Crippen molar-refractivity contribution in [2.45, 2.75) is 44.9 Å². The summed E-state index contributed by atoms with van der Waals surface area (Å²) in [6.07, 6.45) is -0.510. The molecule has 4 heteroatoms. The zero-order valence-corrected chi connectivity index (χ0v) is 10.9. The first-order chi connectivity index (χ1) is 8.37. The molecule has 1 aliphatic rings. The van der Waals surface area contributed by atoms with E-state index in [9.17, 15) is 9.90 Å². The lowest BCUT2D eigenvalue weighted by Crippen LogP contribution is -2.41. The van der Waals surface area contributed by atoms with Gasteiger partial charge >= 0.3 is 6.09 Å². The number of hydrogen-bond donors (Lipinski definition) is 2. The molecule has 2 atom stereocenters. The summed E-state index contributed by atoms with van der Waals surface area (Å²) in [4.78, 5) is 11.7. The normalized spacial score (nSPS) is 22.4. The van der Waals surface area contributed by atoms with Gasteiger partial charge in [0.05, 0.1) is 12.1 Å². The van der Waals surface area contributed by atoms with E-state index in [2.05, 4.69) is 5.32 Å². The molecule has 0 spiro atoms. The van der Waals surface area contributed by atoms with Crippen LogP contribution in [-0.4, -0.2) is 22.8 Å². The molecule has 18 heavy (non-hydrogen) atoms. The van der Waals surface area contributed by atoms with Gasteiger partial charge in [0.2, 0.25) is 0 Å². The number of fused-ring (bicyclic) bond motifs is 1. The van der Waals surface area contributed by atoms with Crippen LogP contribution < -0.4 is 5.32 Å². The van der Waals surface area contributed by atoms with Gasteiger partial charge in [-0.25, -0.2) is 4.79 Å². The van der Waals surface area contributed by atoms with Gasteiger partial charge < -0.3 is 15.2 Å². The molecule has 2 rings (SSSR count). The van der Waals surface area contributed by atoms with E-state index in [1.165, 1.54) is 0 Å². The van der Waals surface area contributed by atoms with Crippen molar-refractivity contribution in [3.05, 3.63) is 35.4 Å². The molecule has 1 aromatic rings. The maximum Gasteiger partial charge on any atom is 0.407 e. The van der Waals surface area contributed by atoms with E-state index < -0.39 is 17.8 Å². The summed E-state index contributed by atoms with van der Waals surface area (Å²) in [7, 11) is 0. The number of aliphatic hydroxyl groups is 1. The molecule has 0 bridgehead atoms. The summed E-state index contributed by atoms with van der Waals surface area (Å²) in [5.74, 6) is 0. The van der Waals surface area contributed by atoms with Gasteiger partial charge in [-0.2, -0.15) is 0 Å². The van der Waals surface area contributed by atoms with Gasteiger partial charge in [-0.15, -0.1) is 0 Å². The number of aliphatic hydroxyl groups excluding tert-OH is 1. The van der Waals surface area contributed by atoms with Gasteiger partial charge in [0, 0.05) is 0 Å². The Labute approximate surface area is 107 Å². The predicted octanol–water partition coefficient (Wildman–Crippen LogP) is 2.17. The molecule has 0 aliphatic heterocycles. The Kier molecular flexibility index (Phi) is 3.30. The van der Waals surface area contributed by atoms with Gasteiger partial charge in [-0.05, 0) is 38.3 Å². The third-order valence-electron chi connectivity index (χ3n) is 2.90. The third kappa shape index (κ3) is 2.82. The zero-order chi connectivity index (χ0) is 13.3. The maximum absolute atomic E-state index is 11.7. The average molecular weight is 249 g/mol. The van der Waals surface area contributed by atoms with Crippen LogP contribution in [0.4, 0.5) is 4.79 Å². The lowest BCUT2D eigenvalue weighted by molar-refractivity contribution is 0.0438. The number of ether oxygens (including phenoxy) is 1. The Morgan fingerprint density at radius 2 is 2.06 bits per heavy atom. The summed E-state index contributed by atoms with van der Waals surface area (Å²) < 4.78 is 5.19. The van der Waals surface area contributed by atoms with Gasteiger partial charge in [-0.3, -0.25) is 0 Å². The molecule has 1 amide bonds. The topological polar surface area (TPSA) is 58.6 Å². The Hall–Kier alpha value is -1.55. The van der Waals surface area contributed by atoms with Crippen molar-refractivity contribution < 1.29 is 14.6 Å². The largest absolute Gasteiger partial charge is 0.444 e. The lowest BCUT2D eigenvalue weighted by atomic mass is 10.1. The van der Waals surface area contributed by atoms with Crippen LogP contribution in [0.3, 0.4) is 0 Å². The number of amides is 1. The second-order valence-electron chi connectivity index (χ2n) is 5.60. The summed E-state index contributed by atoms with van der Waals surface area (Å²) in [6.45, 7) is 5.44. The summed E-state index contributed by atoms with van der Waals surface area (Å²) in [5, 5.41) is 12.8. The number of hydrogen-bond acceptors (Lipinski definition) is 3. The second kappa shape index (κ2) is 4.61. The van der Waals surface area contributed by atoms with E-state index in [-0.39, 0.29) is 6.04 Å². The van der Waals surface area contributed by atoms with Crippen molar-refractivity contribution in [2.24, 2.45) is 0 Å². The van der Waals surface area contributed by atoms with Crippen LogP contribution in [-0.2, 0) is 11.2 Å². The summed E-state index contributed by atoms with van der Waals surface area (Å²) >= 11 is 0. The highest BCUT2D eigenvalue weighted by Crippen LogP contribution is 2.31. The van der Waals surface area contributed by atoms with Crippen LogP contribution in [0, 0.1) is 0 Å². The van der Waals surface area contributed by atoms with Gasteiger partial charge in [-0.1, -0.05) is 24.3 Å². The molecular formula is C14H19NO3. The fourth-order valence-corrected chi connectivity index (χ4v) is 2.16. The average Bonchev–Trinajstić information content (AvgIpc) is 2.54. The number of alkyl carbamates (subject to hydrolysis) is 1. The van der Waals surface area contributed by atoms with E-state index in [0.29, 0.717) is 6.42 Å². The SMILES string of the molecule is CC(C)(C)OC(=O)N[C@@H]1Cc2ccccc2[C@@H]1O. The van der Waals surface area contributed by atoms with Crippen molar-refractivity contribution in [1.29, 1.82) is 0 Å². The monoisotopic (exact) mass is 249 g/mol. The third-order valence-corrected chi connectivity index (χ3v) is 2.90. The molecule has 0 saturated carbocycles. The Bertz CT molecular complexity index is 451. The predicted molar refractivity (Wildman–Crippen MR) is 68.3 cm³/mol. The first-order valence-electron chi connectivity index (χ1n) is 6.12. The molecule has 1 aromatic carbocycles. The highest BCUT2D eigenvalue weighted by Gasteiger charge is 2.32. The van der Waals surface area contributed by atoms with E-state index in [0.717, 1.165) is 11.1 Å². The minimum Gasteiger partial charge on any atom is -0.444 e. The maximum atomic E-state index is 11.7. The minimum atomic E-state index is -0.659. The standard InChI is InChI=1S/C14H19NO3/c1-14(2,3)18-13(17)15-11-8-9-6-4-5-7-10(9)12(11)16/h4-7,11-12,16H,8H2,1-3H3,(H,15,17)/t11-,12+/m1/s1. The fourth-order valence-electron chi connectivity index (χ4n) is 2.16. The van der Waals surface area contributed by atoms with Crippen molar-refractivity contribution in [1.82, 2.24) is 5.32 Å². The molecular weight excluding hydrogens is 230 g/mol. The second-order valence-corrected chi connectivity index (χ2v) is 5.60. The molecule has 0 unspecified atom stereocenters. The lowest BCUT2D eigenvalue weighted by Gasteiger charge is -2.23. The Morgan fingerprint density at radius 1 is 1.39 bits per heavy atom. The number of carbonyl (C=O) groups is 1. The quantitative estimate of drug-likeness (QED) is 0.802. The van der Waals surface area contributed by atoms with Gasteiger partial charge in [0.15, 0.2) is 0 Å². The van der Waals surface area contributed by atoms with E-state index in [1.54, 1.807) is 0 Å². The van der Waals surface area contributed by atoms with Crippen molar-refractivity contribution in [3.63, 3.8) is 0 Å². The number of carbonyl (C=O) groups excluding carboxylic acids is 1.